The van der Waals surface area contributed by atoms with E-state index in [0.29, 0.717) is 11.6 Å². The smallest absolute Gasteiger partial charge is 0.328 e. The molecule has 0 spiro atoms. The lowest BCUT2D eigenvalue weighted by atomic mass is 10.3. The molecule has 0 amide bonds. The lowest BCUT2D eigenvalue weighted by Crippen LogP contribution is -2.27. The number of ether oxygens (including phenoxy) is 1. The third-order valence-electron chi connectivity index (χ3n) is 1.61. The van der Waals surface area contributed by atoms with Gasteiger partial charge in [0, 0.05) is 6.07 Å². The monoisotopic (exact) mass is 196 g/mol. The Morgan fingerprint density at radius 3 is 2.93 bits per heavy atom. The zero-order valence-electron chi connectivity index (χ0n) is 8.02. The number of rotatable bonds is 3. The van der Waals surface area contributed by atoms with E-state index in [1.807, 2.05) is 0 Å². The van der Waals surface area contributed by atoms with Crippen LogP contribution in [0.25, 0.3) is 0 Å². The highest BCUT2D eigenvalue weighted by atomic mass is 16.5. The van der Waals surface area contributed by atoms with Gasteiger partial charge in [0.2, 0.25) is 0 Å². The molecular weight excluding hydrogens is 184 g/mol. The van der Waals surface area contributed by atoms with Crippen molar-refractivity contribution in [1.29, 1.82) is 0 Å². The minimum Gasteiger partial charge on any atom is -0.467 e. The summed E-state index contributed by atoms with van der Waals surface area (Å²) in [7, 11) is 1.33. The van der Waals surface area contributed by atoms with Gasteiger partial charge in [0.05, 0.1) is 7.11 Å². The van der Waals surface area contributed by atoms with Gasteiger partial charge >= 0.3 is 5.97 Å². The summed E-state index contributed by atoms with van der Waals surface area (Å²) in [4.78, 5) is 18.7. The lowest BCUT2D eigenvalue weighted by molar-refractivity contribution is -0.141. The first-order chi connectivity index (χ1) is 6.63. The first-order valence-electron chi connectivity index (χ1n) is 4.05. The summed E-state index contributed by atoms with van der Waals surface area (Å²) >= 11 is 0. The Morgan fingerprint density at radius 1 is 1.64 bits per heavy atom. The van der Waals surface area contributed by atoms with Gasteiger partial charge in [0.15, 0.2) is 0 Å². The van der Waals surface area contributed by atoms with E-state index in [1.165, 1.54) is 13.4 Å². The molecule has 3 N–H and O–H groups in total. The third kappa shape index (κ3) is 2.58. The molecule has 6 nitrogen and oxygen atoms in total. The fourth-order valence-electron chi connectivity index (χ4n) is 0.909. The van der Waals surface area contributed by atoms with E-state index in [9.17, 15) is 4.79 Å². The van der Waals surface area contributed by atoms with Crippen LogP contribution in [0.4, 0.5) is 11.6 Å². The van der Waals surface area contributed by atoms with E-state index in [-0.39, 0.29) is 5.97 Å². The fraction of sp³-hybridized carbons (Fsp3) is 0.375. The molecule has 0 aliphatic rings. The number of anilines is 2. The summed E-state index contributed by atoms with van der Waals surface area (Å²) in [5.74, 6) is 0.483. The van der Waals surface area contributed by atoms with Gasteiger partial charge in [-0.05, 0) is 6.92 Å². The van der Waals surface area contributed by atoms with Gasteiger partial charge < -0.3 is 15.8 Å². The number of hydrogen-bond acceptors (Lipinski definition) is 6. The molecule has 0 fully saturated rings. The van der Waals surface area contributed by atoms with E-state index in [2.05, 4.69) is 20.0 Å². The molecule has 14 heavy (non-hydrogen) atoms. The Bertz CT molecular complexity index is 329. The lowest BCUT2D eigenvalue weighted by Gasteiger charge is -2.11. The number of methoxy groups -OCH3 is 1. The number of hydrogen-bond donors (Lipinski definition) is 2. The van der Waals surface area contributed by atoms with Crippen molar-refractivity contribution in [3.8, 4) is 0 Å². The Balaban J connectivity index is 2.64. The Labute approximate surface area is 81.5 Å². The number of carbonyl (C=O) groups is 1. The number of carbonyl (C=O) groups excluding carboxylic acids is 1. The predicted molar refractivity (Wildman–Crippen MR) is 51.5 cm³/mol. The molecule has 6 heteroatoms. The van der Waals surface area contributed by atoms with Gasteiger partial charge in [-0.2, -0.15) is 0 Å². The van der Waals surface area contributed by atoms with Gasteiger partial charge in [-0.25, -0.2) is 14.8 Å². The van der Waals surface area contributed by atoms with Gasteiger partial charge in [-0.3, -0.25) is 0 Å². The molecule has 1 heterocycles. The molecule has 0 aromatic carbocycles. The van der Waals surface area contributed by atoms with Crippen LogP contribution in [0.3, 0.4) is 0 Å². The predicted octanol–water partition coefficient (Wildman–Crippen LogP) is 0.0322. The van der Waals surface area contributed by atoms with Crippen molar-refractivity contribution in [3.05, 3.63) is 12.4 Å². The summed E-state index contributed by atoms with van der Waals surface area (Å²) in [5, 5.41) is 2.83. The van der Waals surface area contributed by atoms with Gasteiger partial charge in [0.25, 0.3) is 0 Å². The van der Waals surface area contributed by atoms with Crippen LogP contribution in [0.2, 0.25) is 0 Å². The van der Waals surface area contributed by atoms with Crippen molar-refractivity contribution in [2.75, 3.05) is 18.2 Å². The van der Waals surface area contributed by atoms with Crippen LogP contribution in [-0.2, 0) is 9.53 Å². The van der Waals surface area contributed by atoms with Crippen molar-refractivity contribution in [2.45, 2.75) is 13.0 Å². The Kier molecular flexibility index (Phi) is 3.22. The normalized spacial score (nSPS) is 11.9. The van der Waals surface area contributed by atoms with Gasteiger partial charge in [0.1, 0.15) is 24.0 Å². The van der Waals surface area contributed by atoms with Crippen molar-refractivity contribution in [2.24, 2.45) is 0 Å². The molecule has 1 atom stereocenters. The minimum atomic E-state index is -0.464. The van der Waals surface area contributed by atoms with E-state index in [4.69, 9.17) is 5.73 Å². The second-order valence-corrected chi connectivity index (χ2v) is 2.72. The zero-order valence-corrected chi connectivity index (χ0v) is 8.02. The molecule has 1 unspecified atom stereocenters. The number of nitrogen functional groups attached to an aromatic ring is 1. The van der Waals surface area contributed by atoms with E-state index < -0.39 is 6.04 Å². The van der Waals surface area contributed by atoms with Crippen LogP contribution in [0.1, 0.15) is 6.92 Å². The van der Waals surface area contributed by atoms with Crippen LogP contribution in [-0.4, -0.2) is 29.1 Å². The standard InChI is InChI=1S/C8H12N4O2/c1-5(8(13)14-2)12-7-3-6(9)10-4-11-7/h3-5H,1-2H3,(H3,9,10,11,12). The average molecular weight is 196 g/mol. The van der Waals surface area contributed by atoms with Crippen LogP contribution in [0.15, 0.2) is 12.4 Å². The maximum absolute atomic E-state index is 11.0. The molecule has 76 valence electrons. The number of nitrogens with one attached hydrogen (secondary N) is 1. The molecular formula is C8H12N4O2. The van der Waals surface area contributed by atoms with Gasteiger partial charge in [-0.15, -0.1) is 0 Å². The maximum atomic E-state index is 11.0. The maximum Gasteiger partial charge on any atom is 0.328 e. The molecule has 0 saturated heterocycles. The van der Waals surface area contributed by atoms with Crippen LogP contribution >= 0.6 is 0 Å². The number of nitrogens with zero attached hydrogens (tertiary/aromatic N) is 2. The first kappa shape index (κ1) is 10.2. The topological polar surface area (TPSA) is 90.1 Å². The highest BCUT2D eigenvalue weighted by molar-refractivity contribution is 5.78. The van der Waals surface area contributed by atoms with Crippen molar-refractivity contribution >= 4 is 17.6 Å². The molecule has 1 rings (SSSR count). The largest absolute Gasteiger partial charge is 0.467 e. The van der Waals surface area contributed by atoms with Crippen molar-refractivity contribution in [3.63, 3.8) is 0 Å². The second-order valence-electron chi connectivity index (χ2n) is 2.72. The molecule has 0 bridgehead atoms. The highest BCUT2D eigenvalue weighted by Crippen LogP contribution is 2.06. The Morgan fingerprint density at radius 2 is 2.36 bits per heavy atom. The first-order valence-corrected chi connectivity index (χ1v) is 4.05. The quantitative estimate of drug-likeness (QED) is 0.663. The molecule has 0 saturated carbocycles. The highest BCUT2D eigenvalue weighted by Gasteiger charge is 2.12. The summed E-state index contributed by atoms with van der Waals surface area (Å²) in [6, 6.07) is 1.08. The molecule has 1 aromatic rings. The van der Waals surface area contributed by atoms with Gasteiger partial charge in [-0.1, -0.05) is 0 Å². The van der Waals surface area contributed by atoms with E-state index in [1.54, 1.807) is 13.0 Å². The van der Waals surface area contributed by atoms with Crippen molar-refractivity contribution in [1.82, 2.24) is 9.97 Å². The number of esters is 1. The third-order valence-corrected chi connectivity index (χ3v) is 1.61. The summed E-state index contributed by atoms with van der Waals surface area (Å²) in [5.41, 5.74) is 5.44. The average Bonchev–Trinajstić information content (AvgIpc) is 2.16. The van der Waals surface area contributed by atoms with E-state index in [0.717, 1.165) is 0 Å². The summed E-state index contributed by atoms with van der Waals surface area (Å²) in [6.07, 6.45) is 1.32. The zero-order chi connectivity index (χ0) is 10.6. The van der Waals surface area contributed by atoms with Crippen LogP contribution in [0, 0.1) is 0 Å². The minimum absolute atomic E-state index is 0.347. The molecule has 0 radical (unpaired) electrons. The molecule has 0 aliphatic heterocycles. The summed E-state index contributed by atoms with van der Waals surface area (Å²) < 4.78 is 4.54. The Hall–Kier alpha value is -1.85. The molecule has 1 aromatic heterocycles. The second kappa shape index (κ2) is 4.40. The summed E-state index contributed by atoms with van der Waals surface area (Å²) in [6.45, 7) is 1.67. The molecule has 0 aliphatic carbocycles. The van der Waals surface area contributed by atoms with Crippen LogP contribution in [0.5, 0.6) is 0 Å². The number of nitrogens with two attached hydrogens (primary N) is 1. The van der Waals surface area contributed by atoms with Crippen molar-refractivity contribution < 1.29 is 9.53 Å². The van der Waals surface area contributed by atoms with E-state index >= 15 is 0 Å². The fourth-order valence-corrected chi connectivity index (χ4v) is 0.909. The van der Waals surface area contributed by atoms with Crippen LogP contribution < -0.4 is 11.1 Å². The SMILES string of the molecule is COC(=O)C(C)Nc1cc(N)ncn1. The number of aromatic nitrogens is 2.